The number of amides is 1. The second-order valence-corrected chi connectivity index (χ2v) is 6.50. The van der Waals surface area contributed by atoms with E-state index in [0.29, 0.717) is 18.7 Å². The first kappa shape index (κ1) is 15.5. The largest absolute Gasteiger partial charge is 0.309 e. The Kier molecular flexibility index (Phi) is 3.80. The van der Waals surface area contributed by atoms with Crippen LogP contribution in [0.2, 0.25) is 0 Å². The van der Waals surface area contributed by atoms with E-state index < -0.39 is 0 Å². The third-order valence-corrected chi connectivity index (χ3v) is 4.46. The van der Waals surface area contributed by atoms with Gasteiger partial charge in [0.05, 0.1) is 17.1 Å². The second kappa shape index (κ2) is 6.13. The first-order chi connectivity index (χ1) is 12.1. The van der Waals surface area contributed by atoms with Crippen LogP contribution in [0.25, 0.3) is 22.5 Å². The van der Waals surface area contributed by atoms with Gasteiger partial charge in [-0.3, -0.25) is 4.79 Å². The zero-order valence-electron chi connectivity index (χ0n) is 14.3. The number of aryl methyl sites for hydroxylation is 3. The predicted octanol–water partition coefficient (Wildman–Crippen LogP) is 4.31. The van der Waals surface area contributed by atoms with E-state index in [9.17, 15) is 4.79 Å². The minimum atomic E-state index is -0.000239. The van der Waals surface area contributed by atoms with Crippen molar-refractivity contribution in [2.75, 3.05) is 5.32 Å². The van der Waals surface area contributed by atoms with Gasteiger partial charge in [0, 0.05) is 24.0 Å². The quantitative estimate of drug-likeness (QED) is 0.762. The van der Waals surface area contributed by atoms with E-state index >= 15 is 0 Å². The maximum atomic E-state index is 11.7. The van der Waals surface area contributed by atoms with Gasteiger partial charge in [-0.25, -0.2) is 9.97 Å². The summed E-state index contributed by atoms with van der Waals surface area (Å²) in [7, 11) is 0. The highest BCUT2D eigenvalue weighted by Crippen LogP contribution is 2.33. The molecule has 0 fully saturated rings. The molecule has 0 aliphatic carbocycles. The molecule has 0 atom stereocenters. The van der Waals surface area contributed by atoms with Gasteiger partial charge < -0.3 is 5.32 Å². The number of hydrogen-bond acceptors (Lipinski definition) is 3. The van der Waals surface area contributed by atoms with Crippen molar-refractivity contribution in [3.05, 3.63) is 65.4 Å². The number of carbonyl (C=O) groups excluding carboxylic acids is 1. The Hall–Kier alpha value is -3.01. The molecule has 0 saturated heterocycles. The van der Waals surface area contributed by atoms with E-state index in [2.05, 4.69) is 55.6 Å². The maximum Gasteiger partial charge on any atom is 0.225 e. The highest BCUT2D eigenvalue weighted by molar-refractivity contribution is 5.93. The van der Waals surface area contributed by atoms with E-state index in [-0.39, 0.29) is 5.91 Å². The lowest BCUT2D eigenvalue weighted by Crippen LogP contribution is -2.21. The van der Waals surface area contributed by atoms with Gasteiger partial charge in [0.2, 0.25) is 5.91 Å². The van der Waals surface area contributed by atoms with E-state index in [0.717, 1.165) is 28.2 Å². The van der Waals surface area contributed by atoms with Crippen LogP contribution in [-0.2, 0) is 11.2 Å². The average molecular weight is 329 g/mol. The zero-order valence-corrected chi connectivity index (χ0v) is 14.3. The molecular weight excluding hydrogens is 310 g/mol. The summed E-state index contributed by atoms with van der Waals surface area (Å²) in [5.74, 6) is 0.586. The van der Waals surface area contributed by atoms with Crippen LogP contribution in [0.1, 0.15) is 23.2 Å². The highest BCUT2D eigenvalue weighted by Gasteiger charge is 2.21. The molecule has 0 unspecified atom stereocenters. The Morgan fingerprint density at radius 3 is 1.84 bits per heavy atom. The Bertz CT molecular complexity index is 944. The third kappa shape index (κ3) is 3.03. The monoisotopic (exact) mass is 329 g/mol. The minimum Gasteiger partial charge on any atom is -0.309 e. The second-order valence-electron chi connectivity index (χ2n) is 6.50. The molecule has 2 heterocycles. The van der Waals surface area contributed by atoms with E-state index in [1.54, 1.807) is 0 Å². The number of rotatable bonds is 2. The molecule has 1 aromatic heterocycles. The first-order valence-electron chi connectivity index (χ1n) is 8.45. The summed E-state index contributed by atoms with van der Waals surface area (Å²) in [4.78, 5) is 21.4. The summed E-state index contributed by atoms with van der Waals surface area (Å²) in [5, 5.41) is 2.86. The molecule has 4 rings (SSSR count). The van der Waals surface area contributed by atoms with Crippen LogP contribution in [0, 0.1) is 13.8 Å². The fourth-order valence-corrected chi connectivity index (χ4v) is 3.00. The lowest BCUT2D eigenvalue weighted by atomic mass is 10.0. The van der Waals surface area contributed by atoms with Crippen molar-refractivity contribution < 1.29 is 4.79 Å². The molecule has 0 radical (unpaired) electrons. The molecule has 0 saturated carbocycles. The van der Waals surface area contributed by atoms with Crippen molar-refractivity contribution in [3.8, 4) is 22.5 Å². The summed E-state index contributed by atoms with van der Waals surface area (Å²) in [6, 6.07) is 16.5. The SMILES string of the molecule is Cc1ccc(-c2nc3c(nc2-c2ccc(C)cc2)NC(=O)CC3)cc1. The van der Waals surface area contributed by atoms with Crippen molar-refractivity contribution in [2.45, 2.75) is 26.7 Å². The van der Waals surface area contributed by atoms with Gasteiger partial charge >= 0.3 is 0 Å². The van der Waals surface area contributed by atoms with Crippen LogP contribution in [0.5, 0.6) is 0 Å². The van der Waals surface area contributed by atoms with E-state index in [4.69, 9.17) is 9.97 Å². The molecule has 1 aliphatic rings. The smallest absolute Gasteiger partial charge is 0.225 e. The molecule has 1 aliphatic heterocycles. The van der Waals surface area contributed by atoms with Gasteiger partial charge in [0.1, 0.15) is 0 Å². The number of hydrogen-bond donors (Lipinski definition) is 1. The molecule has 124 valence electrons. The summed E-state index contributed by atoms with van der Waals surface area (Å²) < 4.78 is 0. The normalized spacial score (nSPS) is 13.3. The zero-order chi connectivity index (χ0) is 17.4. The molecular formula is C21H19N3O. The van der Waals surface area contributed by atoms with Gasteiger partial charge in [-0.15, -0.1) is 0 Å². The van der Waals surface area contributed by atoms with Crippen molar-refractivity contribution >= 4 is 11.7 Å². The van der Waals surface area contributed by atoms with Crippen molar-refractivity contribution in [1.82, 2.24) is 9.97 Å². The summed E-state index contributed by atoms with van der Waals surface area (Å²) >= 11 is 0. The fraction of sp³-hybridized carbons (Fsp3) is 0.190. The van der Waals surface area contributed by atoms with Gasteiger partial charge in [-0.2, -0.15) is 0 Å². The summed E-state index contributed by atoms with van der Waals surface area (Å²) in [6.45, 7) is 4.13. The number of nitrogens with zero attached hydrogens (tertiary/aromatic N) is 2. The van der Waals surface area contributed by atoms with Crippen molar-refractivity contribution in [2.24, 2.45) is 0 Å². The van der Waals surface area contributed by atoms with Crippen molar-refractivity contribution in [1.29, 1.82) is 0 Å². The van der Waals surface area contributed by atoms with Gasteiger partial charge in [-0.1, -0.05) is 59.7 Å². The molecule has 4 nitrogen and oxygen atoms in total. The highest BCUT2D eigenvalue weighted by atomic mass is 16.1. The Balaban J connectivity index is 1.92. The fourth-order valence-electron chi connectivity index (χ4n) is 3.00. The first-order valence-corrected chi connectivity index (χ1v) is 8.45. The third-order valence-electron chi connectivity index (χ3n) is 4.46. The number of fused-ring (bicyclic) bond motifs is 1. The lowest BCUT2D eigenvalue weighted by Gasteiger charge is -2.19. The van der Waals surface area contributed by atoms with Gasteiger partial charge in [0.15, 0.2) is 5.82 Å². The van der Waals surface area contributed by atoms with Crippen molar-refractivity contribution in [3.63, 3.8) is 0 Å². The Morgan fingerprint density at radius 2 is 1.28 bits per heavy atom. The van der Waals surface area contributed by atoms with Gasteiger partial charge in [0.25, 0.3) is 0 Å². The number of carbonyl (C=O) groups is 1. The number of aromatic nitrogens is 2. The van der Waals surface area contributed by atoms with Crippen LogP contribution in [0.15, 0.2) is 48.5 Å². The lowest BCUT2D eigenvalue weighted by molar-refractivity contribution is -0.116. The molecule has 0 spiro atoms. The molecule has 25 heavy (non-hydrogen) atoms. The Labute approximate surface area is 147 Å². The average Bonchev–Trinajstić information content (AvgIpc) is 2.62. The Morgan fingerprint density at radius 1 is 0.760 bits per heavy atom. The molecule has 4 heteroatoms. The number of anilines is 1. The van der Waals surface area contributed by atoms with Crippen LogP contribution < -0.4 is 5.32 Å². The van der Waals surface area contributed by atoms with Gasteiger partial charge in [-0.05, 0) is 13.8 Å². The van der Waals surface area contributed by atoms with Crippen LogP contribution in [-0.4, -0.2) is 15.9 Å². The topological polar surface area (TPSA) is 54.9 Å². The maximum absolute atomic E-state index is 11.7. The number of nitrogens with one attached hydrogen (secondary N) is 1. The summed E-state index contributed by atoms with van der Waals surface area (Å²) in [6.07, 6.45) is 1.08. The predicted molar refractivity (Wildman–Crippen MR) is 99.3 cm³/mol. The van der Waals surface area contributed by atoms with Crippen LogP contribution in [0.4, 0.5) is 5.82 Å². The minimum absolute atomic E-state index is 0.000239. The standard InChI is InChI=1S/C21H19N3O/c1-13-3-7-15(8-4-13)19-20(16-9-5-14(2)6-10-16)24-21-17(22-19)11-12-18(25)23-21/h3-10H,11-12H2,1-2H3,(H,23,24,25). The summed E-state index contributed by atoms with van der Waals surface area (Å²) in [5.41, 5.74) is 6.94. The molecule has 0 bridgehead atoms. The number of benzene rings is 2. The molecule has 2 aromatic carbocycles. The molecule has 1 N–H and O–H groups in total. The molecule has 1 amide bonds. The van der Waals surface area contributed by atoms with Crippen LogP contribution in [0.3, 0.4) is 0 Å². The van der Waals surface area contributed by atoms with E-state index in [1.807, 2.05) is 12.1 Å². The molecule has 3 aromatic rings. The van der Waals surface area contributed by atoms with Crippen LogP contribution >= 0.6 is 0 Å². The van der Waals surface area contributed by atoms with E-state index in [1.165, 1.54) is 11.1 Å².